The first-order chi connectivity index (χ1) is 13.3. The Morgan fingerprint density at radius 3 is 2.26 bits per heavy atom. The number of benzene rings is 2. The molecule has 0 atom stereocenters. The van der Waals surface area contributed by atoms with Crippen molar-refractivity contribution < 1.29 is 9.53 Å². The van der Waals surface area contributed by atoms with Gasteiger partial charge in [-0.3, -0.25) is 4.79 Å². The number of rotatable bonds is 8. The molecule has 1 aliphatic heterocycles. The first-order valence-electron chi connectivity index (χ1n) is 10.1. The van der Waals surface area contributed by atoms with Crippen LogP contribution in [0.5, 0.6) is 5.75 Å². The molecule has 144 valence electrons. The number of piperazine rings is 1. The molecule has 0 radical (unpaired) electrons. The van der Waals surface area contributed by atoms with E-state index in [1.165, 1.54) is 24.9 Å². The lowest BCUT2D eigenvalue weighted by Crippen LogP contribution is -2.48. The van der Waals surface area contributed by atoms with Gasteiger partial charge in [0.25, 0.3) is 5.91 Å². The van der Waals surface area contributed by atoms with Crippen molar-refractivity contribution in [1.82, 2.24) is 4.90 Å². The Bertz CT molecular complexity index is 692. The number of hydrogen-bond donors (Lipinski definition) is 0. The molecular formula is C23H30N2O2. The summed E-state index contributed by atoms with van der Waals surface area (Å²) in [4.78, 5) is 17.0. The molecule has 0 saturated carbocycles. The summed E-state index contributed by atoms with van der Waals surface area (Å²) < 4.78 is 5.76. The van der Waals surface area contributed by atoms with Crippen LogP contribution in [0.25, 0.3) is 0 Å². The molecule has 4 nitrogen and oxygen atoms in total. The van der Waals surface area contributed by atoms with E-state index in [0.29, 0.717) is 0 Å². The molecule has 1 fully saturated rings. The molecule has 2 aromatic carbocycles. The van der Waals surface area contributed by atoms with Gasteiger partial charge >= 0.3 is 0 Å². The number of para-hydroxylation sites is 1. The predicted molar refractivity (Wildman–Crippen MR) is 111 cm³/mol. The second kappa shape index (κ2) is 10.0. The minimum atomic E-state index is 0.109. The van der Waals surface area contributed by atoms with Gasteiger partial charge in [0.15, 0.2) is 0 Å². The van der Waals surface area contributed by atoms with E-state index in [1.807, 2.05) is 35.2 Å². The average molecular weight is 367 g/mol. The van der Waals surface area contributed by atoms with Crippen LogP contribution in [0.4, 0.5) is 5.69 Å². The summed E-state index contributed by atoms with van der Waals surface area (Å²) >= 11 is 0. The van der Waals surface area contributed by atoms with Crippen LogP contribution in [-0.2, 0) is 0 Å². The Morgan fingerprint density at radius 2 is 1.59 bits per heavy atom. The zero-order valence-corrected chi connectivity index (χ0v) is 16.3. The molecule has 0 aliphatic carbocycles. The highest BCUT2D eigenvalue weighted by Crippen LogP contribution is 2.18. The number of nitrogens with zero attached hydrogens (tertiary/aromatic N) is 2. The van der Waals surface area contributed by atoms with Crippen LogP contribution in [0, 0.1) is 0 Å². The molecule has 1 aliphatic rings. The fraction of sp³-hybridized carbons (Fsp3) is 0.435. The van der Waals surface area contributed by atoms with Gasteiger partial charge in [-0.25, -0.2) is 0 Å². The summed E-state index contributed by atoms with van der Waals surface area (Å²) in [5.74, 6) is 0.953. The van der Waals surface area contributed by atoms with Crippen molar-refractivity contribution in [3.05, 3.63) is 60.2 Å². The molecule has 27 heavy (non-hydrogen) atoms. The summed E-state index contributed by atoms with van der Waals surface area (Å²) in [6.07, 6.45) is 4.78. The molecular weight excluding hydrogens is 336 g/mol. The minimum Gasteiger partial charge on any atom is -0.494 e. The van der Waals surface area contributed by atoms with E-state index >= 15 is 0 Å². The summed E-state index contributed by atoms with van der Waals surface area (Å²) in [5.41, 5.74) is 1.96. The number of carbonyl (C=O) groups excluding carboxylic acids is 1. The third kappa shape index (κ3) is 5.49. The van der Waals surface area contributed by atoms with Crippen molar-refractivity contribution in [3.8, 4) is 5.75 Å². The maximum atomic E-state index is 12.8. The monoisotopic (exact) mass is 366 g/mol. The van der Waals surface area contributed by atoms with E-state index in [-0.39, 0.29) is 5.91 Å². The largest absolute Gasteiger partial charge is 0.494 e. The van der Waals surface area contributed by atoms with E-state index in [2.05, 4.69) is 36.1 Å². The molecule has 3 rings (SSSR count). The van der Waals surface area contributed by atoms with Crippen molar-refractivity contribution in [2.24, 2.45) is 0 Å². The van der Waals surface area contributed by atoms with Crippen molar-refractivity contribution >= 4 is 11.6 Å². The summed E-state index contributed by atoms with van der Waals surface area (Å²) in [6, 6.07) is 18.0. The van der Waals surface area contributed by atoms with Crippen molar-refractivity contribution in [1.29, 1.82) is 0 Å². The zero-order chi connectivity index (χ0) is 18.9. The first kappa shape index (κ1) is 19.3. The first-order valence-corrected chi connectivity index (χ1v) is 10.1. The molecule has 0 unspecified atom stereocenters. The fourth-order valence-corrected chi connectivity index (χ4v) is 3.40. The third-order valence-electron chi connectivity index (χ3n) is 5.06. The second-order valence-electron chi connectivity index (χ2n) is 7.05. The van der Waals surface area contributed by atoms with Gasteiger partial charge in [-0.1, -0.05) is 44.4 Å². The van der Waals surface area contributed by atoms with Gasteiger partial charge < -0.3 is 14.5 Å². The van der Waals surface area contributed by atoms with Crippen LogP contribution in [-0.4, -0.2) is 43.6 Å². The van der Waals surface area contributed by atoms with Gasteiger partial charge in [0.1, 0.15) is 5.75 Å². The molecule has 1 amide bonds. The third-order valence-corrected chi connectivity index (χ3v) is 5.06. The highest BCUT2D eigenvalue weighted by molar-refractivity contribution is 5.94. The van der Waals surface area contributed by atoms with Gasteiger partial charge in [-0.15, -0.1) is 0 Å². The summed E-state index contributed by atoms with van der Waals surface area (Å²) in [7, 11) is 0. The summed E-state index contributed by atoms with van der Waals surface area (Å²) in [6.45, 7) is 6.20. The van der Waals surface area contributed by atoms with Gasteiger partial charge in [0.05, 0.1) is 6.61 Å². The number of unbranched alkanes of at least 4 members (excludes halogenated alkanes) is 3. The lowest BCUT2D eigenvalue weighted by molar-refractivity contribution is 0.0746. The lowest BCUT2D eigenvalue weighted by atomic mass is 10.1. The van der Waals surface area contributed by atoms with Gasteiger partial charge in [-0.2, -0.15) is 0 Å². The molecule has 2 aromatic rings. The average Bonchev–Trinajstić information content (AvgIpc) is 2.74. The van der Waals surface area contributed by atoms with E-state index < -0.39 is 0 Å². The topological polar surface area (TPSA) is 32.8 Å². The molecule has 0 spiro atoms. The fourth-order valence-electron chi connectivity index (χ4n) is 3.40. The van der Waals surface area contributed by atoms with E-state index in [0.717, 1.165) is 50.5 Å². The maximum Gasteiger partial charge on any atom is 0.253 e. The Kier molecular flexibility index (Phi) is 7.14. The van der Waals surface area contributed by atoms with E-state index in [4.69, 9.17) is 4.74 Å². The van der Waals surface area contributed by atoms with E-state index in [1.54, 1.807) is 0 Å². The van der Waals surface area contributed by atoms with E-state index in [9.17, 15) is 4.79 Å². The van der Waals surface area contributed by atoms with Gasteiger partial charge in [0.2, 0.25) is 0 Å². The van der Waals surface area contributed by atoms with Crippen molar-refractivity contribution in [3.63, 3.8) is 0 Å². The number of carbonyl (C=O) groups is 1. The quantitative estimate of drug-likeness (QED) is 0.640. The maximum absolute atomic E-state index is 12.8. The molecule has 0 aromatic heterocycles. The van der Waals surface area contributed by atoms with Crippen molar-refractivity contribution in [2.75, 3.05) is 37.7 Å². The highest BCUT2D eigenvalue weighted by atomic mass is 16.5. The second-order valence-corrected chi connectivity index (χ2v) is 7.05. The van der Waals surface area contributed by atoms with Crippen LogP contribution in [0.15, 0.2) is 54.6 Å². The number of anilines is 1. The normalized spacial score (nSPS) is 14.3. The van der Waals surface area contributed by atoms with Gasteiger partial charge in [-0.05, 0) is 42.8 Å². The van der Waals surface area contributed by atoms with Crippen LogP contribution < -0.4 is 9.64 Å². The van der Waals surface area contributed by atoms with Gasteiger partial charge in [0, 0.05) is 37.4 Å². The van der Waals surface area contributed by atoms with Crippen LogP contribution >= 0.6 is 0 Å². The predicted octanol–water partition coefficient (Wildman–Crippen LogP) is 4.61. The lowest BCUT2D eigenvalue weighted by Gasteiger charge is -2.36. The highest BCUT2D eigenvalue weighted by Gasteiger charge is 2.22. The standard InChI is InChI=1S/C23H30N2O2/c1-2-3-4-8-19-27-22-13-11-20(12-14-22)23(26)25-17-15-24(16-18-25)21-9-6-5-7-10-21/h5-7,9-14H,2-4,8,15-19H2,1H3. The van der Waals surface area contributed by atoms with Crippen LogP contribution in [0.1, 0.15) is 43.0 Å². The SMILES string of the molecule is CCCCCCOc1ccc(C(=O)N2CCN(c3ccccc3)CC2)cc1. The summed E-state index contributed by atoms with van der Waals surface area (Å²) in [5, 5.41) is 0. The Morgan fingerprint density at radius 1 is 0.889 bits per heavy atom. The van der Waals surface area contributed by atoms with Crippen molar-refractivity contribution in [2.45, 2.75) is 32.6 Å². The smallest absolute Gasteiger partial charge is 0.253 e. The van der Waals surface area contributed by atoms with Crippen LogP contribution in [0.2, 0.25) is 0 Å². The molecule has 1 saturated heterocycles. The molecule has 4 heteroatoms. The number of ether oxygens (including phenoxy) is 1. The molecule has 0 N–H and O–H groups in total. The Hall–Kier alpha value is -2.49. The zero-order valence-electron chi connectivity index (χ0n) is 16.3. The number of hydrogen-bond acceptors (Lipinski definition) is 3. The Labute approximate surface area is 162 Å². The Balaban J connectivity index is 1.47. The molecule has 0 bridgehead atoms. The minimum absolute atomic E-state index is 0.109. The number of amides is 1. The van der Waals surface area contributed by atoms with Crippen LogP contribution in [0.3, 0.4) is 0 Å². The molecule has 1 heterocycles.